The summed E-state index contributed by atoms with van der Waals surface area (Å²) in [4.78, 5) is 19.8. The van der Waals surface area contributed by atoms with Crippen molar-refractivity contribution in [2.45, 2.75) is 39.3 Å². The van der Waals surface area contributed by atoms with Gasteiger partial charge in [0.15, 0.2) is 0 Å². The lowest BCUT2D eigenvalue weighted by Gasteiger charge is -2.36. The predicted molar refractivity (Wildman–Crippen MR) is 119 cm³/mol. The van der Waals surface area contributed by atoms with E-state index in [1.165, 1.54) is 27.8 Å². The first-order valence-corrected chi connectivity index (χ1v) is 10.9. The fourth-order valence-corrected chi connectivity index (χ4v) is 4.71. The van der Waals surface area contributed by atoms with E-state index in [4.69, 9.17) is 0 Å². The van der Waals surface area contributed by atoms with Gasteiger partial charge in [-0.2, -0.15) is 0 Å². The Morgan fingerprint density at radius 3 is 2.21 bits per heavy atom. The first-order valence-electron chi connectivity index (χ1n) is 10.9. The van der Waals surface area contributed by atoms with Crippen molar-refractivity contribution < 1.29 is 4.79 Å². The number of amides is 1. The minimum atomic E-state index is 0.0532. The molecule has 154 valence electrons. The number of carbonyl (C=O) groups is 1. The number of piperazine rings is 1. The zero-order chi connectivity index (χ0) is 20.4. The van der Waals surface area contributed by atoms with Crippen LogP contribution in [0.3, 0.4) is 0 Å². The van der Waals surface area contributed by atoms with Crippen molar-refractivity contribution in [1.29, 1.82) is 0 Å². The van der Waals surface area contributed by atoms with E-state index in [-0.39, 0.29) is 6.04 Å². The Balaban J connectivity index is 1.42. The second kappa shape index (κ2) is 8.68. The minimum absolute atomic E-state index is 0.0532. The molecule has 1 amide bonds. The number of carbonyl (C=O) groups excluding carboxylic acids is 1. The zero-order valence-electron chi connectivity index (χ0n) is 18.0. The molecule has 2 aromatic rings. The monoisotopic (exact) mass is 391 g/mol. The molecule has 4 rings (SSSR count). The Hall–Kier alpha value is -2.17. The third-order valence-corrected chi connectivity index (χ3v) is 6.36. The Bertz CT molecular complexity index is 833. The van der Waals surface area contributed by atoms with Crippen molar-refractivity contribution in [1.82, 2.24) is 14.7 Å². The smallest absolute Gasteiger partial charge is 0.240 e. The van der Waals surface area contributed by atoms with Gasteiger partial charge in [0.1, 0.15) is 0 Å². The summed E-state index contributed by atoms with van der Waals surface area (Å²) in [5.74, 6) is 0.336. The second-order valence-electron chi connectivity index (χ2n) is 8.83. The SMILES string of the molecule is Cc1cc(C)cc(-c2ccc(CN3CCCC3C(=O)N3CCN(C)CC3)cc2)c1. The fourth-order valence-electron chi connectivity index (χ4n) is 4.71. The molecule has 0 aromatic heterocycles. The lowest BCUT2D eigenvalue weighted by atomic mass is 9.99. The van der Waals surface area contributed by atoms with Crippen LogP contribution < -0.4 is 0 Å². The van der Waals surface area contributed by atoms with E-state index >= 15 is 0 Å². The topological polar surface area (TPSA) is 26.8 Å². The molecule has 29 heavy (non-hydrogen) atoms. The van der Waals surface area contributed by atoms with Crippen LogP contribution in [-0.4, -0.2) is 66.4 Å². The van der Waals surface area contributed by atoms with Crippen LogP contribution in [0.4, 0.5) is 0 Å². The standard InChI is InChI=1S/C25H33N3O/c1-19-15-20(2)17-23(16-19)22-8-6-21(7-9-22)18-28-10-4-5-24(28)25(29)27-13-11-26(3)12-14-27/h6-9,15-17,24H,4-5,10-14,18H2,1-3H3. The van der Waals surface area contributed by atoms with Crippen LogP contribution in [-0.2, 0) is 11.3 Å². The molecule has 2 aliphatic heterocycles. The molecule has 0 bridgehead atoms. The molecule has 2 heterocycles. The van der Waals surface area contributed by atoms with Crippen molar-refractivity contribution in [2.75, 3.05) is 39.8 Å². The molecule has 0 radical (unpaired) electrons. The van der Waals surface area contributed by atoms with Gasteiger partial charge in [-0.3, -0.25) is 9.69 Å². The highest BCUT2D eigenvalue weighted by Gasteiger charge is 2.34. The largest absolute Gasteiger partial charge is 0.339 e. The molecule has 0 aliphatic carbocycles. The van der Waals surface area contributed by atoms with Gasteiger partial charge in [0, 0.05) is 32.7 Å². The maximum absolute atomic E-state index is 13.1. The summed E-state index contributed by atoms with van der Waals surface area (Å²) in [5, 5.41) is 0. The summed E-state index contributed by atoms with van der Waals surface area (Å²) in [6.07, 6.45) is 2.11. The highest BCUT2D eigenvalue weighted by molar-refractivity contribution is 5.82. The van der Waals surface area contributed by atoms with E-state index in [0.717, 1.165) is 52.1 Å². The van der Waals surface area contributed by atoms with Crippen LogP contribution in [0.2, 0.25) is 0 Å². The van der Waals surface area contributed by atoms with Crippen molar-refractivity contribution in [3.63, 3.8) is 0 Å². The second-order valence-corrected chi connectivity index (χ2v) is 8.83. The first-order chi connectivity index (χ1) is 14.0. The number of aryl methyl sites for hydroxylation is 2. The third kappa shape index (κ3) is 4.71. The van der Waals surface area contributed by atoms with Crippen LogP contribution in [0, 0.1) is 13.8 Å². The molecule has 1 unspecified atom stereocenters. The summed E-state index contributed by atoms with van der Waals surface area (Å²) in [6.45, 7) is 9.87. The summed E-state index contributed by atoms with van der Waals surface area (Å²) in [7, 11) is 2.13. The summed E-state index contributed by atoms with van der Waals surface area (Å²) in [5.41, 5.74) is 6.42. The quantitative estimate of drug-likeness (QED) is 0.795. The number of benzene rings is 2. The maximum Gasteiger partial charge on any atom is 0.240 e. The van der Waals surface area contributed by atoms with Gasteiger partial charge < -0.3 is 9.80 Å². The number of nitrogens with zero attached hydrogens (tertiary/aromatic N) is 3. The Morgan fingerprint density at radius 2 is 1.55 bits per heavy atom. The Kier molecular flexibility index (Phi) is 6.02. The van der Waals surface area contributed by atoms with Crippen molar-refractivity contribution in [3.8, 4) is 11.1 Å². The van der Waals surface area contributed by atoms with Crippen LogP contribution in [0.1, 0.15) is 29.5 Å². The molecule has 4 heteroatoms. The number of likely N-dealkylation sites (N-methyl/N-ethyl adjacent to an activating group) is 1. The maximum atomic E-state index is 13.1. The van der Waals surface area contributed by atoms with Gasteiger partial charge in [0.2, 0.25) is 5.91 Å². The van der Waals surface area contributed by atoms with Gasteiger partial charge in [-0.05, 0) is 57.0 Å². The van der Waals surface area contributed by atoms with Crippen molar-refractivity contribution >= 4 is 5.91 Å². The molecule has 4 nitrogen and oxygen atoms in total. The number of likely N-dealkylation sites (tertiary alicyclic amines) is 1. The van der Waals surface area contributed by atoms with E-state index in [9.17, 15) is 4.79 Å². The number of rotatable bonds is 4. The molecule has 0 saturated carbocycles. The van der Waals surface area contributed by atoms with Crippen LogP contribution in [0.15, 0.2) is 42.5 Å². The lowest BCUT2D eigenvalue weighted by molar-refractivity contribution is -0.137. The third-order valence-electron chi connectivity index (χ3n) is 6.36. The van der Waals surface area contributed by atoms with Crippen LogP contribution in [0.5, 0.6) is 0 Å². The average Bonchev–Trinajstić information content (AvgIpc) is 3.16. The van der Waals surface area contributed by atoms with E-state index in [0.29, 0.717) is 5.91 Å². The predicted octanol–water partition coefficient (Wildman–Crippen LogP) is 3.71. The van der Waals surface area contributed by atoms with Crippen LogP contribution in [0.25, 0.3) is 11.1 Å². The molecule has 2 fully saturated rings. The van der Waals surface area contributed by atoms with E-state index in [1.54, 1.807) is 0 Å². The average molecular weight is 392 g/mol. The number of hydrogen-bond donors (Lipinski definition) is 0. The van der Waals surface area contributed by atoms with Gasteiger partial charge in [0.25, 0.3) is 0 Å². The van der Waals surface area contributed by atoms with E-state index in [2.05, 4.69) is 78.1 Å². The zero-order valence-corrected chi connectivity index (χ0v) is 18.0. The van der Waals surface area contributed by atoms with Gasteiger partial charge in [-0.1, -0.05) is 53.6 Å². The van der Waals surface area contributed by atoms with Crippen molar-refractivity contribution in [3.05, 3.63) is 59.2 Å². The molecular formula is C25H33N3O. The fraction of sp³-hybridized carbons (Fsp3) is 0.480. The normalized spacial score (nSPS) is 20.9. The highest BCUT2D eigenvalue weighted by atomic mass is 16.2. The number of hydrogen-bond acceptors (Lipinski definition) is 3. The molecule has 1 atom stereocenters. The summed E-state index contributed by atoms with van der Waals surface area (Å²) in [6, 6.07) is 15.6. The molecular weight excluding hydrogens is 358 g/mol. The minimum Gasteiger partial charge on any atom is -0.339 e. The van der Waals surface area contributed by atoms with Gasteiger partial charge in [-0.15, -0.1) is 0 Å². The van der Waals surface area contributed by atoms with E-state index in [1.807, 2.05) is 0 Å². The summed E-state index contributed by atoms with van der Waals surface area (Å²) < 4.78 is 0. The van der Waals surface area contributed by atoms with E-state index < -0.39 is 0 Å². The van der Waals surface area contributed by atoms with Crippen LogP contribution >= 0.6 is 0 Å². The molecule has 0 spiro atoms. The molecule has 2 aromatic carbocycles. The first kappa shape index (κ1) is 20.1. The Labute approximate surface area is 175 Å². The molecule has 0 N–H and O–H groups in total. The summed E-state index contributed by atoms with van der Waals surface area (Å²) >= 11 is 0. The van der Waals surface area contributed by atoms with Crippen molar-refractivity contribution in [2.24, 2.45) is 0 Å². The van der Waals surface area contributed by atoms with Gasteiger partial charge >= 0.3 is 0 Å². The molecule has 2 saturated heterocycles. The molecule has 2 aliphatic rings. The van der Waals surface area contributed by atoms with Gasteiger partial charge in [0.05, 0.1) is 6.04 Å². The van der Waals surface area contributed by atoms with Gasteiger partial charge in [-0.25, -0.2) is 0 Å². The highest BCUT2D eigenvalue weighted by Crippen LogP contribution is 2.25. The lowest BCUT2D eigenvalue weighted by Crippen LogP contribution is -2.52. The Morgan fingerprint density at radius 1 is 0.897 bits per heavy atom.